The molecule has 0 atom stereocenters. The molecule has 2 amide bonds. The van der Waals surface area contributed by atoms with Crippen molar-refractivity contribution in [3.8, 4) is 10.6 Å². The summed E-state index contributed by atoms with van der Waals surface area (Å²) >= 11 is 1.56. The zero-order valence-electron chi connectivity index (χ0n) is 17.1. The van der Waals surface area contributed by atoms with Crippen LogP contribution in [0.3, 0.4) is 0 Å². The maximum absolute atomic E-state index is 13.3. The van der Waals surface area contributed by atoms with Crippen LogP contribution in [0.25, 0.3) is 10.6 Å². The van der Waals surface area contributed by atoms with Gasteiger partial charge in [-0.05, 0) is 30.5 Å². The van der Waals surface area contributed by atoms with Gasteiger partial charge in [-0.15, -0.1) is 11.3 Å². The monoisotopic (exact) mass is 437 g/mol. The van der Waals surface area contributed by atoms with Crippen LogP contribution >= 0.6 is 11.3 Å². The number of piperidine rings is 1. The predicted octanol–water partition coefficient (Wildman–Crippen LogP) is 4.05. The van der Waals surface area contributed by atoms with Gasteiger partial charge < -0.3 is 10.2 Å². The summed E-state index contributed by atoms with van der Waals surface area (Å²) in [7, 11) is 0. The lowest BCUT2D eigenvalue weighted by atomic mass is 9.95. The number of halogens is 1. The SMILES string of the molecule is O=C(NCc1csc(-c2ccccc2)n1)C1CCN(C(=O)Cc2cccc(F)c2)CC1. The molecule has 0 unspecified atom stereocenters. The number of carbonyl (C=O) groups excluding carboxylic acids is 2. The number of hydrogen-bond acceptors (Lipinski definition) is 4. The molecule has 1 aromatic heterocycles. The van der Waals surface area contributed by atoms with Crippen LogP contribution in [-0.4, -0.2) is 34.8 Å². The summed E-state index contributed by atoms with van der Waals surface area (Å²) in [5, 5.41) is 5.89. The number of nitrogens with zero attached hydrogens (tertiary/aromatic N) is 2. The van der Waals surface area contributed by atoms with Crippen LogP contribution < -0.4 is 5.32 Å². The van der Waals surface area contributed by atoms with E-state index in [0.717, 1.165) is 16.3 Å². The summed E-state index contributed by atoms with van der Waals surface area (Å²) in [6.45, 7) is 1.49. The van der Waals surface area contributed by atoms with E-state index in [2.05, 4.69) is 10.3 Å². The van der Waals surface area contributed by atoms with Gasteiger partial charge in [-0.1, -0.05) is 42.5 Å². The van der Waals surface area contributed by atoms with Crippen molar-refractivity contribution in [1.29, 1.82) is 0 Å². The molecule has 31 heavy (non-hydrogen) atoms. The van der Waals surface area contributed by atoms with Crippen molar-refractivity contribution in [3.63, 3.8) is 0 Å². The lowest BCUT2D eigenvalue weighted by Crippen LogP contribution is -2.43. The highest BCUT2D eigenvalue weighted by atomic mass is 32.1. The Morgan fingerprint density at radius 2 is 1.87 bits per heavy atom. The third-order valence-corrected chi connectivity index (χ3v) is 6.42. The first kappa shape index (κ1) is 21.2. The van der Waals surface area contributed by atoms with Gasteiger partial charge in [0.2, 0.25) is 11.8 Å². The Morgan fingerprint density at radius 3 is 2.61 bits per heavy atom. The van der Waals surface area contributed by atoms with Crippen molar-refractivity contribution < 1.29 is 14.0 Å². The highest BCUT2D eigenvalue weighted by Gasteiger charge is 2.27. The molecule has 2 heterocycles. The van der Waals surface area contributed by atoms with Crippen LogP contribution in [0.15, 0.2) is 60.0 Å². The fourth-order valence-corrected chi connectivity index (χ4v) is 4.57. The molecule has 4 rings (SSSR count). The van der Waals surface area contributed by atoms with Crippen LogP contribution in [-0.2, 0) is 22.6 Å². The molecular weight excluding hydrogens is 413 g/mol. The Labute approximate surface area is 184 Å². The molecular formula is C24H24FN3O2S. The second-order valence-electron chi connectivity index (χ2n) is 7.69. The first-order valence-electron chi connectivity index (χ1n) is 10.4. The number of thiazole rings is 1. The van der Waals surface area contributed by atoms with Crippen LogP contribution in [0.2, 0.25) is 0 Å². The van der Waals surface area contributed by atoms with Crippen LogP contribution in [0.1, 0.15) is 24.1 Å². The molecule has 3 aromatic rings. The Morgan fingerprint density at radius 1 is 1.10 bits per heavy atom. The van der Waals surface area contributed by atoms with Gasteiger partial charge in [0.1, 0.15) is 10.8 Å². The summed E-state index contributed by atoms with van der Waals surface area (Å²) < 4.78 is 13.3. The van der Waals surface area contributed by atoms with Gasteiger partial charge in [0.05, 0.1) is 18.7 Å². The fourth-order valence-electron chi connectivity index (χ4n) is 3.75. The maximum Gasteiger partial charge on any atom is 0.226 e. The first-order chi connectivity index (χ1) is 15.1. The lowest BCUT2D eigenvalue weighted by Gasteiger charge is -2.31. The Kier molecular flexibility index (Phi) is 6.72. The smallest absolute Gasteiger partial charge is 0.226 e. The van der Waals surface area contributed by atoms with Crippen LogP contribution in [0.5, 0.6) is 0 Å². The molecule has 0 radical (unpaired) electrons. The number of hydrogen-bond donors (Lipinski definition) is 1. The number of aromatic nitrogens is 1. The number of carbonyl (C=O) groups is 2. The minimum Gasteiger partial charge on any atom is -0.350 e. The molecule has 0 saturated carbocycles. The highest BCUT2D eigenvalue weighted by molar-refractivity contribution is 7.13. The second kappa shape index (κ2) is 9.83. The van der Waals surface area contributed by atoms with Crippen molar-refractivity contribution in [2.45, 2.75) is 25.8 Å². The number of benzene rings is 2. The van der Waals surface area contributed by atoms with Gasteiger partial charge in [0.25, 0.3) is 0 Å². The normalized spacial score (nSPS) is 14.4. The van der Waals surface area contributed by atoms with E-state index in [4.69, 9.17) is 0 Å². The molecule has 1 aliphatic rings. The van der Waals surface area contributed by atoms with Gasteiger partial charge in [-0.2, -0.15) is 0 Å². The van der Waals surface area contributed by atoms with E-state index in [9.17, 15) is 14.0 Å². The Balaban J connectivity index is 1.23. The quantitative estimate of drug-likeness (QED) is 0.633. The summed E-state index contributed by atoms with van der Waals surface area (Å²) in [5.74, 6) is -0.464. The molecule has 1 saturated heterocycles. The van der Waals surface area contributed by atoms with E-state index in [-0.39, 0.29) is 30.0 Å². The topological polar surface area (TPSA) is 62.3 Å². The Hall–Kier alpha value is -3.06. The molecule has 1 aliphatic heterocycles. The van der Waals surface area contributed by atoms with Gasteiger partial charge in [-0.25, -0.2) is 9.37 Å². The van der Waals surface area contributed by atoms with Crippen LogP contribution in [0, 0.1) is 11.7 Å². The van der Waals surface area contributed by atoms with E-state index < -0.39 is 0 Å². The predicted molar refractivity (Wildman–Crippen MR) is 119 cm³/mol. The van der Waals surface area contributed by atoms with Crippen molar-refractivity contribution in [2.24, 2.45) is 5.92 Å². The Bertz CT molecular complexity index is 1050. The third-order valence-electron chi connectivity index (χ3n) is 5.48. The second-order valence-corrected chi connectivity index (χ2v) is 8.55. The zero-order valence-corrected chi connectivity index (χ0v) is 17.9. The highest BCUT2D eigenvalue weighted by Crippen LogP contribution is 2.23. The summed E-state index contributed by atoms with van der Waals surface area (Å²) in [6, 6.07) is 16.1. The molecule has 7 heteroatoms. The summed E-state index contributed by atoms with van der Waals surface area (Å²) in [5.41, 5.74) is 2.59. The largest absolute Gasteiger partial charge is 0.350 e. The number of nitrogens with one attached hydrogen (secondary N) is 1. The van der Waals surface area contributed by atoms with E-state index in [0.29, 0.717) is 38.0 Å². The fraction of sp³-hybridized carbons (Fsp3) is 0.292. The molecule has 5 nitrogen and oxygen atoms in total. The molecule has 1 fully saturated rings. The van der Waals surface area contributed by atoms with Crippen molar-refractivity contribution in [2.75, 3.05) is 13.1 Å². The van der Waals surface area contributed by atoms with Gasteiger partial charge in [-0.3, -0.25) is 9.59 Å². The van der Waals surface area contributed by atoms with E-state index >= 15 is 0 Å². The van der Waals surface area contributed by atoms with Crippen molar-refractivity contribution >= 4 is 23.2 Å². The van der Waals surface area contributed by atoms with Gasteiger partial charge in [0.15, 0.2) is 0 Å². The zero-order chi connectivity index (χ0) is 21.6. The molecule has 2 aromatic carbocycles. The number of rotatable bonds is 6. The van der Waals surface area contributed by atoms with E-state index in [1.807, 2.05) is 35.7 Å². The van der Waals surface area contributed by atoms with E-state index in [1.54, 1.807) is 28.4 Å². The summed E-state index contributed by atoms with van der Waals surface area (Å²) in [4.78, 5) is 31.4. The van der Waals surface area contributed by atoms with Crippen molar-refractivity contribution in [1.82, 2.24) is 15.2 Å². The molecule has 1 N–H and O–H groups in total. The molecule has 0 aliphatic carbocycles. The number of amides is 2. The van der Waals surface area contributed by atoms with Gasteiger partial charge >= 0.3 is 0 Å². The summed E-state index contributed by atoms with van der Waals surface area (Å²) in [6.07, 6.45) is 1.45. The van der Waals surface area contributed by atoms with E-state index in [1.165, 1.54) is 12.1 Å². The standard InChI is InChI=1S/C24H24FN3O2S/c25-20-8-4-5-17(13-20)14-22(29)28-11-9-18(10-12-28)23(30)26-15-21-16-31-24(27-21)19-6-2-1-3-7-19/h1-8,13,16,18H,9-12,14-15H2,(H,26,30). The lowest BCUT2D eigenvalue weighted by molar-refractivity contribution is -0.135. The number of likely N-dealkylation sites (tertiary alicyclic amines) is 1. The minimum atomic E-state index is -0.336. The molecule has 160 valence electrons. The molecule has 0 bridgehead atoms. The van der Waals surface area contributed by atoms with Crippen molar-refractivity contribution in [3.05, 3.63) is 77.1 Å². The average Bonchev–Trinajstić information content (AvgIpc) is 3.27. The molecule has 0 spiro atoms. The third kappa shape index (κ3) is 5.55. The first-order valence-corrected chi connectivity index (χ1v) is 11.3. The van der Waals surface area contributed by atoms with Crippen LogP contribution in [0.4, 0.5) is 4.39 Å². The van der Waals surface area contributed by atoms with Gasteiger partial charge in [0, 0.05) is 30.0 Å². The maximum atomic E-state index is 13.3. The average molecular weight is 438 g/mol. The minimum absolute atomic E-state index is 0.00601.